The molecule has 0 aliphatic rings. The molecule has 0 amide bonds. The molecular weight excluding hydrogens is 606 g/mol. The summed E-state index contributed by atoms with van der Waals surface area (Å²) in [5.41, 5.74) is 1.85. The average Bonchev–Trinajstić information content (AvgIpc) is 3.00. The number of aromatic nitrogens is 2. The summed E-state index contributed by atoms with van der Waals surface area (Å²) in [5.74, 6) is -0.939. The SMILES string of the molecule is CC(C)(C)OC(=O)CCCCCCCCCCCOc1ccc(CCc2ccc(S(=O)(=O)Nc3cnc(C(=O)O)nc3)cc2)cc1. The van der Waals surface area contributed by atoms with Gasteiger partial charge in [0.05, 0.1) is 29.6 Å². The number of carboxylic acid groups (broad SMARTS) is 1. The molecule has 0 aliphatic heterocycles. The number of sulfonamides is 1. The van der Waals surface area contributed by atoms with E-state index < -0.39 is 27.4 Å². The van der Waals surface area contributed by atoms with Crippen molar-refractivity contribution in [3.8, 4) is 5.75 Å². The summed E-state index contributed by atoms with van der Waals surface area (Å²) in [6.07, 6.45) is 14.5. The van der Waals surface area contributed by atoms with E-state index in [-0.39, 0.29) is 16.6 Å². The Hall–Kier alpha value is -3.99. The molecule has 2 aromatic carbocycles. The largest absolute Gasteiger partial charge is 0.494 e. The van der Waals surface area contributed by atoms with Crippen LogP contribution < -0.4 is 9.46 Å². The first kappa shape index (κ1) is 36.5. The maximum absolute atomic E-state index is 12.7. The van der Waals surface area contributed by atoms with E-state index in [0.29, 0.717) is 13.0 Å². The lowest BCUT2D eigenvalue weighted by atomic mass is 10.0. The van der Waals surface area contributed by atoms with E-state index in [1.807, 2.05) is 32.9 Å². The van der Waals surface area contributed by atoms with Crippen molar-refractivity contribution in [1.29, 1.82) is 0 Å². The molecule has 0 saturated heterocycles. The van der Waals surface area contributed by atoms with Crippen LogP contribution in [0.1, 0.15) is 107 Å². The Kier molecular flexibility index (Phi) is 14.5. The van der Waals surface area contributed by atoms with Gasteiger partial charge in [-0.25, -0.2) is 23.2 Å². The van der Waals surface area contributed by atoms with Crippen molar-refractivity contribution in [2.45, 2.75) is 108 Å². The molecule has 3 aromatic rings. The zero-order chi connectivity index (χ0) is 33.4. The molecule has 11 heteroatoms. The van der Waals surface area contributed by atoms with Crippen molar-refractivity contribution >= 4 is 27.6 Å². The molecule has 0 saturated carbocycles. The number of carbonyl (C=O) groups excluding carboxylic acids is 1. The van der Waals surface area contributed by atoms with E-state index in [0.717, 1.165) is 62.2 Å². The smallest absolute Gasteiger partial charge is 0.373 e. The molecule has 46 heavy (non-hydrogen) atoms. The first-order valence-electron chi connectivity index (χ1n) is 16.0. The third-order valence-corrected chi connectivity index (χ3v) is 8.57. The zero-order valence-electron chi connectivity index (χ0n) is 27.2. The molecule has 0 aliphatic carbocycles. The molecule has 1 heterocycles. The van der Waals surface area contributed by atoms with Crippen LogP contribution in [-0.2, 0) is 32.4 Å². The Morgan fingerprint density at radius 3 is 1.78 bits per heavy atom. The van der Waals surface area contributed by atoms with E-state index in [4.69, 9.17) is 14.6 Å². The number of aryl methyl sites for hydroxylation is 2. The molecular formula is C35H47N3O7S. The number of unbranched alkanes of at least 4 members (excludes halogenated alkanes) is 8. The number of ether oxygens (including phenoxy) is 2. The fraction of sp³-hybridized carbons (Fsp3) is 0.486. The van der Waals surface area contributed by atoms with Gasteiger partial charge in [-0.2, -0.15) is 0 Å². The molecule has 0 fully saturated rings. The van der Waals surface area contributed by atoms with Crippen LogP contribution in [0.4, 0.5) is 5.69 Å². The van der Waals surface area contributed by atoms with Gasteiger partial charge in [0.25, 0.3) is 10.0 Å². The lowest BCUT2D eigenvalue weighted by Gasteiger charge is -2.19. The van der Waals surface area contributed by atoms with Gasteiger partial charge >= 0.3 is 11.9 Å². The number of anilines is 1. The summed E-state index contributed by atoms with van der Waals surface area (Å²) < 4.78 is 39.0. The third kappa shape index (κ3) is 14.0. The van der Waals surface area contributed by atoms with Crippen LogP contribution in [0.2, 0.25) is 0 Å². The number of aromatic carboxylic acids is 1. The molecule has 250 valence electrons. The number of carbonyl (C=O) groups is 2. The maximum atomic E-state index is 12.7. The van der Waals surface area contributed by atoms with Crippen LogP contribution in [0.3, 0.4) is 0 Å². The molecule has 2 N–H and O–H groups in total. The number of carboxylic acids is 1. The van der Waals surface area contributed by atoms with Gasteiger partial charge in [0, 0.05) is 6.42 Å². The van der Waals surface area contributed by atoms with Crippen molar-refractivity contribution in [3.05, 3.63) is 77.9 Å². The first-order chi connectivity index (χ1) is 21.9. The van der Waals surface area contributed by atoms with Gasteiger partial charge in [0.15, 0.2) is 0 Å². The molecule has 3 rings (SSSR count). The fourth-order valence-electron chi connectivity index (χ4n) is 4.77. The van der Waals surface area contributed by atoms with Crippen LogP contribution >= 0.6 is 0 Å². The number of hydrogen-bond acceptors (Lipinski definition) is 8. The van der Waals surface area contributed by atoms with Crippen LogP contribution in [0.5, 0.6) is 5.75 Å². The Bertz CT molecular complexity index is 1470. The van der Waals surface area contributed by atoms with E-state index in [1.165, 1.54) is 49.8 Å². The molecule has 10 nitrogen and oxygen atoms in total. The lowest BCUT2D eigenvalue weighted by Crippen LogP contribution is -2.23. The highest BCUT2D eigenvalue weighted by atomic mass is 32.2. The van der Waals surface area contributed by atoms with Gasteiger partial charge < -0.3 is 14.6 Å². The van der Waals surface area contributed by atoms with E-state index in [9.17, 15) is 18.0 Å². The highest BCUT2D eigenvalue weighted by Crippen LogP contribution is 2.19. The maximum Gasteiger partial charge on any atom is 0.373 e. The third-order valence-electron chi connectivity index (χ3n) is 7.17. The number of nitrogens with one attached hydrogen (secondary N) is 1. The quantitative estimate of drug-likeness (QED) is 0.0942. The minimum absolute atomic E-state index is 0.0780. The second-order valence-corrected chi connectivity index (χ2v) is 14.0. The molecule has 0 unspecified atom stereocenters. The van der Waals surface area contributed by atoms with E-state index in [1.54, 1.807) is 12.1 Å². The minimum Gasteiger partial charge on any atom is -0.494 e. The first-order valence-corrected chi connectivity index (χ1v) is 17.5. The van der Waals surface area contributed by atoms with Gasteiger partial charge in [-0.3, -0.25) is 9.52 Å². The molecule has 1 aromatic heterocycles. The number of esters is 1. The summed E-state index contributed by atoms with van der Waals surface area (Å²) in [4.78, 5) is 29.9. The topological polar surface area (TPSA) is 145 Å². The predicted molar refractivity (Wildman–Crippen MR) is 178 cm³/mol. The summed E-state index contributed by atoms with van der Waals surface area (Å²) in [6.45, 7) is 6.40. The molecule has 0 spiro atoms. The Labute approximate surface area is 273 Å². The van der Waals surface area contributed by atoms with Gasteiger partial charge in [0.2, 0.25) is 5.82 Å². The van der Waals surface area contributed by atoms with Crippen molar-refractivity contribution in [2.75, 3.05) is 11.3 Å². The second kappa shape index (κ2) is 18.2. The van der Waals surface area contributed by atoms with Crippen molar-refractivity contribution < 1.29 is 32.6 Å². The van der Waals surface area contributed by atoms with E-state index >= 15 is 0 Å². The van der Waals surface area contributed by atoms with Crippen molar-refractivity contribution in [2.24, 2.45) is 0 Å². The fourth-order valence-corrected chi connectivity index (χ4v) is 5.80. The van der Waals surface area contributed by atoms with Crippen LogP contribution in [-0.4, -0.2) is 47.6 Å². The summed E-state index contributed by atoms with van der Waals surface area (Å²) in [7, 11) is -3.86. The number of hydrogen-bond donors (Lipinski definition) is 2. The van der Waals surface area contributed by atoms with E-state index in [2.05, 4.69) is 26.8 Å². The highest BCUT2D eigenvalue weighted by Gasteiger charge is 2.16. The number of nitrogens with zero attached hydrogens (tertiary/aromatic N) is 2. The Morgan fingerprint density at radius 1 is 0.761 bits per heavy atom. The van der Waals surface area contributed by atoms with Crippen LogP contribution in [0, 0.1) is 0 Å². The van der Waals surface area contributed by atoms with Crippen LogP contribution in [0.15, 0.2) is 65.8 Å². The normalized spacial score (nSPS) is 11.6. The molecule has 0 radical (unpaired) electrons. The lowest BCUT2D eigenvalue weighted by molar-refractivity contribution is -0.154. The summed E-state index contributed by atoms with van der Waals surface area (Å²) in [5, 5.41) is 8.88. The second-order valence-electron chi connectivity index (χ2n) is 12.4. The van der Waals surface area contributed by atoms with Crippen LogP contribution in [0.25, 0.3) is 0 Å². The monoisotopic (exact) mass is 653 g/mol. The predicted octanol–water partition coefficient (Wildman–Crippen LogP) is 7.38. The Balaban J connectivity index is 1.25. The molecule has 0 atom stereocenters. The van der Waals surface area contributed by atoms with Crippen molar-refractivity contribution in [3.63, 3.8) is 0 Å². The highest BCUT2D eigenvalue weighted by molar-refractivity contribution is 7.92. The summed E-state index contributed by atoms with van der Waals surface area (Å²) in [6, 6.07) is 14.7. The minimum atomic E-state index is -3.86. The van der Waals surface area contributed by atoms with Gasteiger partial charge in [-0.1, -0.05) is 69.2 Å². The number of benzene rings is 2. The van der Waals surface area contributed by atoms with Gasteiger partial charge in [-0.15, -0.1) is 0 Å². The standard InChI is InChI=1S/C35H47N3O7S/c1-35(2,3)45-32(39)13-11-9-7-5-4-6-8-10-12-24-44-30-20-16-27(17-21-30)14-15-28-18-22-31(23-19-28)46(42,43)38-29-25-36-33(34(40)41)37-26-29/h16-23,25-26,38H,4-15,24H2,1-3H3,(H,40,41). The Morgan fingerprint density at radius 2 is 1.26 bits per heavy atom. The molecule has 0 bridgehead atoms. The summed E-state index contributed by atoms with van der Waals surface area (Å²) >= 11 is 0. The van der Waals surface area contributed by atoms with Gasteiger partial charge in [0.1, 0.15) is 11.4 Å². The zero-order valence-corrected chi connectivity index (χ0v) is 28.0. The van der Waals surface area contributed by atoms with Crippen molar-refractivity contribution in [1.82, 2.24) is 9.97 Å². The average molecular weight is 654 g/mol. The number of rotatable bonds is 20. The van der Waals surface area contributed by atoms with Gasteiger partial charge in [-0.05, 0) is 81.8 Å².